The summed E-state index contributed by atoms with van der Waals surface area (Å²) in [6.45, 7) is 2.06. The molecule has 0 aliphatic heterocycles. The number of carbonyl (C=O) groups excluding carboxylic acids is 1. The Morgan fingerprint density at radius 3 is 2.67 bits per heavy atom. The van der Waals surface area contributed by atoms with Gasteiger partial charge >= 0.3 is 5.97 Å². The molecule has 4 heteroatoms. The SMILES string of the molecule is CCOC(=O)c1c(Cl)ccnc1-c1ccccc1. The molecular formula is C14H12ClNO2. The monoisotopic (exact) mass is 261 g/mol. The molecule has 3 nitrogen and oxygen atoms in total. The predicted octanol–water partition coefficient (Wildman–Crippen LogP) is 3.58. The number of halogens is 1. The van der Waals surface area contributed by atoms with E-state index < -0.39 is 5.97 Å². The average molecular weight is 262 g/mol. The summed E-state index contributed by atoms with van der Waals surface area (Å²) in [5.74, 6) is -0.450. The topological polar surface area (TPSA) is 39.2 Å². The molecule has 0 aliphatic carbocycles. The molecule has 2 rings (SSSR count). The first-order valence-corrected chi connectivity index (χ1v) is 5.99. The highest BCUT2D eigenvalue weighted by atomic mass is 35.5. The normalized spacial score (nSPS) is 10.1. The highest BCUT2D eigenvalue weighted by Gasteiger charge is 2.18. The highest BCUT2D eigenvalue weighted by Crippen LogP contribution is 2.27. The molecule has 0 bridgehead atoms. The van der Waals surface area contributed by atoms with E-state index >= 15 is 0 Å². The van der Waals surface area contributed by atoms with Gasteiger partial charge in [-0.15, -0.1) is 0 Å². The Hall–Kier alpha value is -1.87. The Balaban J connectivity index is 2.55. The van der Waals surface area contributed by atoms with Gasteiger partial charge in [0.1, 0.15) is 5.56 Å². The fraction of sp³-hybridized carbons (Fsp3) is 0.143. The predicted molar refractivity (Wildman–Crippen MR) is 70.6 cm³/mol. The summed E-state index contributed by atoms with van der Waals surface area (Å²) in [6.07, 6.45) is 1.58. The van der Waals surface area contributed by atoms with Gasteiger partial charge in [0.15, 0.2) is 0 Å². The number of hydrogen-bond donors (Lipinski definition) is 0. The fourth-order valence-electron chi connectivity index (χ4n) is 1.65. The van der Waals surface area contributed by atoms with Crippen molar-refractivity contribution >= 4 is 17.6 Å². The highest BCUT2D eigenvalue weighted by molar-refractivity contribution is 6.34. The third kappa shape index (κ3) is 2.51. The lowest BCUT2D eigenvalue weighted by Gasteiger charge is -2.09. The Morgan fingerprint density at radius 2 is 2.00 bits per heavy atom. The number of esters is 1. The molecule has 0 atom stereocenters. The Labute approximate surface area is 110 Å². The lowest BCUT2D eigenvalue weighted by molar-refractivity contribution is 0.0527. The first kappa shape index (κ1) is 12.6. The first-order valence-electron chi connectivity index (χ1n) is 5.61. The van der Waals surface area contributed by atoms with E-state index in [4.69, 9.17) is 16.3 Å². The number of pyridine rings is 1. The van der Waals surface area contributed by atoms with Gasteiger partial charge in [-0.1, -0.05) is 41.9 Å². The van der Waals surface area contributed by atoms with Gasteiger partial charge in [0, 0.05) is 11.8 Å². The summed E-state index contributed by atoms with van der Waals surface area (Å²) in [5.41, 5.74) is 1.69. The van der Waals surface area contributed by atoms with Crippen LogP contribution in [0.3, 0.4) is 0 Å². The zero-order valence-electron chi connectivity index (χ0n) is 9.89. The van der Waals surface area contributed by atoms with Crippen LogP contribution in [0, 0.1) is 0 Å². The minimum Gasteiger partial charge on any atom is -0.462 e. The molecule has 0 saturated carbocycles. The van der Waals surface area contributed by atoms with Crippen molar-refractivity contribution in [3.05, 3.63) is 53.2 Å². The first-order chi connectivity index (χ1) is 8.74. The van der Waals surface area contributed by atoms with Crippen LogP contribution in [0.25, 0.3) is 11.3 Å². The van der Waals surface area contributed by atoms with Gasteiger partial charge in [0.05, 0.1) is 17.3 Å². The fourth-order valence-corrected chi connectivity index (χ4v) is 1.87. The van der Waals surface area contributed by atoms with Crippen molar-refractivity contribution in [1.82, 2.24) is 4.98 Å². The summed E-state index contributed by atoms with van der Waals surface area (Å²) < 4.78 is 5.01. The number of carbonyl (C=O) groups is 1. The van der Waals surface area contributed by atoms with Crippen molar-refractivity contribution in [3.8, 4) is 11.3 Å². The van der Waals surface area contributed by atoms with Gasteiger partial charge in [-0.25, -0.2) is 4.79 Å². The Morgan fingerprint density at radius 1 is 1.28 bits per heavy atom. The van der Waals surface area contributed by atoms with Gasteiger partial charge in [0.2, 0.25) is 0 Å². The molecule has 0 unspecified atom stereocenters. The van der Waals surface area contributed by atoms with Crippen molar-refractivity contribution in [2.24, 2.45) is 0 Å². The molecule has 0 fully saturated rings. The van der Waals surface area contributed by atoms with E-state index in [9.17, 15) is 4.79 Å². The molecule has 0 N–H and O–H groups in total. The third-order valence-corrected chi connectivity index (χ3v) is 2.74. The Kier molecular flexibility index (Phi) is 3.95. The van der Waals surface area contributed by atoms with Crippen LogP contribution in [0.1, 0.15) is 17.3 Å². The average Bonchev–Trinajstić information content (AvgIpc) is 2.39. The standard InChI is InChI=1S/C14H12ClNO2/c1-2-18-14(17)12-11(15)8-9-16-13(12)10-6-4-3-5-7-10/h3-9H,2H2,1H3. The molecule has 0 aliphatic rings. The van der Waals surface area contributed by atoms with E-state index in [0.29, 0.717) is 22.9 Å². The molecular weight excluding hydrogens is 250 g/mol. The van der Waals surface area contributed by atoms with Gasteiger partial charge in [-0.2, -0.15) is 0 Å². The van der Waals surface area contributed by atoms with E-state index in [1.54, 1.807) is 19.2 Å². The minimum absolute atomic E-state index is 0.304. The number of aromatic nitrogens is 1. The molecule has 0 saturated heterocycles. The lowest BCUT2D eigenvalue weighted by atomic mass is 10.1. The second-order valence-electron chi connectivity index (χ2n) is 3.60. The quantitative estimate of drug-likeness (QED) is 0.793. The molecule has 0 amide bonds. The lowest BCUT2D eigenvalue weighted by Crippen LogP contribution is -2.08. The van der Waals surface area contributed by atoms with E-state index in [1.807, 2.05) is 30.3 Å². The van der Waals surface area contributed by atoms with Gasteiger partial charge < -0.3 is 4.74 Å². The zero-order valence-corrected chi connectivity index (χ0v) is 10.6. The van der Waals surface area contributed by atoms with Crippen LogP contribution in [-0.2, 0) is 4.74 Å². The van der Waals surface area contributed by atoms with E-state index in [-0.39, 0.29) is 0 Å². The van der Waals surface area contributed by atoms with E-state index in [0.717, 1.165) is 5.56 Å². The summed E-state index contributed by atoms with van der Waals surface area (Å²) in [4.78, 5) is 16.1. The van der Waals surface area contributed by atoms with Crippen LogP contribution in [-0.4, -0.2) is 17.6 Å². The zero-order chi connectivity index (χ0) is 13.0. The molecule has 18 heavy (non-hydrogen) atoms. The smallest absolute Gasteiger partial charge is 0.341 e. The molecule has 1 heterocycles. The molecule has 92 valence electrons. The van der Waals surface area contributed by atoms with Crippen LogP contribution in [0.2, 0.25) is 5.02 Å². The van der Waals surface area contributed by atoms with Crippen LogP contribution in [0.4, 0.5) is 0 Å². The summed E-state index contributed by atoms with van der Waals surface area (Å²) in [5, 5.41) is 0.349. The van der Waals surface area contributed by atoms with Crippen LogP contribution < -0.4 is 0 Å². The molecule has 1 aromatic carbocycles. The number of benzene rings is 1. The summed E-state index contributed by atoms with van der Waals surface area (Å²) in [7, 11) is 0. The van der Waals surface area contributed by atoms with Crippen molar-refractivity contribution < 1.29 is 9.53 Å². The third-order valence-electron chi connectivity index (χ3n) is 2.43. The second kappa shape index (κ2) is 5.65. The van der Waals surface area contributed by atoms with Crippen LogP contribution in [0.5, 0.6) is 0 Å². The minimum atomic E-state index is -0.450. The van der Waals surface area contributed by atoms with E-state index in [2.05, 4.69) is 4.98 Å². The van der Waals surface area contributed by atoms with Crippen molar-refractivity contribution in [2.75, 3.05) is 6.61 Å². The van der Waals surface area contributed by atoms with Crippen LogP contribution >= 0.6 is 11.6 Å². The number of rotatable bonds is 3. The number of nitrogens with zero attached hydrogens (tertiary/aromatic N) is 1. The molecule has 2 aromatic rings. The van der Waals surface area contributed by atoms with Crippen molar-refractivity contribution in [1.29, 1.82) is 0 Å². The summed E-state index contributed by atoms with van der Waals surface area (Å²) in [6, 6.07) is 11.0. The maximum Gasteiger partial charge on any atom is 0.341 e. The number of hydrogen-bond acceptors (Lipinski definition) is 3. The largest absolute Gasteiger partial charge is 0.462 e. The van der Waals surface area contributed by atoms with Crippen molar-refractivity contribution in [3.63, 3.8) is 0 Å². The van der Waals surface area contributed by atoms with Gasteiger partial charge in [0.25, 0.3) is 0 Å². The molecule has 0 spiro atoms. The maximum atomic E-state index is 11.9. The number of ether oxygens (including phenoxy) is 1. The Bertz CT molecular complexity index is 555. The van der Waals surface area contributed by atoms with Gasteiger partial charge in [-0.3, -0.25) is 4.98 Å². The van der Waals surface area contributed by atoms with Crippen molar-refractivity contribution in [2.45, 2.75) is 6.92 Å². The van der Waals surface area contributed by atoms with E-state index in [1.165, 1.54) is 0 Å². The maximum absolute atomic E-state index is 11.9. The van der Waals surface area contributed by atoms with Crippen LogP contribution in [0.15, 0.2) is 42.6 Å². The summed E-state index contributed by atoms with van der Waals surface area (Å²) >= 11 is 6.07. The molecule has 0 radical (unpaired) electrons. The van der Waals surface area contributed by atoms with Gasteiger partial charge in [-0.05, 0) is 13.0 Å². The molecule has 1 aromatic heterocycles. The second-order valence-corrected chi connectivity index (χ2v) is 4.01.